The summed E-state index contributed by atoms with van der Waals surface area (Å²) in [5, 5.41) is 17.1. The maximum atomic E-state index is 8.55. The molecule has 0 aromatic carbocycles. The molecule has 0 spiro atoms. The van der Waals surface area contributed by atoms with Gasteiger partial charge in [-0.05, 0) is 0 Å². The van der Waals surface area contributed by atoms with E-state index in [-0.39, 0.29) is 26.4 Å². The van der Waals surface area contributed by atoms with Crippen LogP contribution in [0.2, 0.25) is 0 Å². The highest BCUT2D eigenvalue weighted by molar-refractivity contribution is 6.54. The van der Waals surface area contributed by atoms with Crippen molar-refractivity contribution >= 4 is 9.05 Å². The van der Waals surface area contributed by atoms with Crippen molar-refractivity contribution in [2.24, 2.45) is 0 Å². The summed E-state index contributed by atoms with van der Waals surface area (Å²) in [5.41, 5.74) is 0. The van der Waals surface area contributed by atoms with Crippen LogP contribution in [-0.2, 0) is 17.7 Å². The Morgan fingerprint density at radius 2 is 1.46 bits per heavy atom. The first-order valence-electron chi connectivity index (χ1n) is 4.10. The van der Waals surface area contributed by atoms with E-state index < -0.39 is 9.05 Å². The molecule has 0 amide bonds. The van der Waals surface area contributed by atoms with Crippen LogP contribution in [0.3, 0.4) is 0 Å². The highest BCUT2D eigenvalue weighted by Gasteiger charge is 2.49. The molecular weight excluding hydrogens is 196 g/mol. The first kappa shape index (κ1) is 11.1. The lowest BCUT2D eigenvalue weighted by Gasteiger charge is -2.20. The van der Waals surface area contributed by atoms with Crippen LogP contribution in [0.25, 0.3) is 0 Å². The Balaban J connectivity index is 2.33. The van der Waals surface area contributed by atoms with Gasteiger partial charge in [-0.1, -0.05) is 0 Å². The average Bonchev–Trinajstić information content (AvgIpc) is 2.61. The molecule has 1 heterocycles. The Bertz CT molecular complexity index is 127. The maximum Gasteiger partial charge on any atom is 0.680 e. The summed E-state index contributed by atoms with van der Waals surface area (Å²) < 4.78 is 20.7. The number of hydrogen-bond donors (Lipinski definition) is 2. The van der Waals surface area contributed by atoms with E-state index in [1.165, 1.54) is 0 Å². The van der Waals surface area contributed by atoms with Gasteiger partial charge in [-0.15, -0.1) is 0 Å². The van der Waals surface area contributed by atoms with E-state index in [4.69, 9.17) is 27.9 Å². The molecule has 0 saturated carbocycles. The van der Waals surface area contributed by atoms with Gasteiger partial charge in [0.1, 0.15) is 0 Å². The van der Waals surface area contributed by atoms with Gasteiger partial charge in [-0.3, -0.25) is 0 Å². The minimum Gasteiger partial charge on any atom is -0.394 e. The summed E-state index contributed by atoms with van der Waals surface area (Å²) >= 11 is 0. The Kier molecular flexibility index (Phi) is 4.81. The summed E-state index contributed by atoms with van der Waals surface area (Å²) in [4.78, 5) is 0. The monoisotopic (exact) mass is 210 g/mol. The second-order valence-corrected chi connectivity index (χ2v) is 4.50. The zero-order valence-corrected chi connectivity index (χ0v) is 8.27. The standard InChI is InChI=1S/C6H14O6Si/c7-1-3-9-13(10-4-2-8)11-5-6-12-13/h7-8H,1-6H2. The van der Waals surface area contributed by atoms with Crippen LogP contribution in [0.5, 0.6) is 0 Å². The van der Waals surface area contributed by atoms with E-state index in [9.17, 15) is 0 Å². The zero-order valence-electron chi connectivity index (χ0n) is 7.27. The molecule has 0 radical (unpaired) electrons. The molecule has 0 bridgehead atoms. The molecular formula is C6H14O6Si. The zero-order chi connectivity index (χ0) is 9.57. The average molecular weight is 210 g/mol. The summed E-state index contributed by atoms with van der Waals surface area (Å²) in [6.07, 6.45) is 0. The predicted molar refractivity (Wildman–Crippen MR) is 43.7 cm³/mol. The SMILES string of the molecule is OCCO[Si]1(OCCO)OCCO1. The lowest BCUT2D eigenvalue weighted by molar-refractivity contribution is 0.00358. The molecule has 0 aromatic heterocycles. The van der Waals surface area contributed by atoms with Gasteiger partial charge in [0, 0.05) is 0 Å². The fraction of sp³-hybridized carbons (Fsp3) is 1.00. The van der Waals surface area contributed by atoms with Gasteiger partial charge in [0.25, 0.3) is 0 Å². The molecule has 2 N–H and O–H groups in total. The second-order valence-electron chi connectivity index (χ2n) is 2.34. The van der Waals surface area contributed by atoms with Crippen molar-refractivity contribution in [1.29, 1.82) is 0 Å². The van der Waals surface area contributed by atoms with Crippen LogP contribution in [0, 0.1) is 0 Å². The third-order valence-corrected chi connectivity index (χ3v) is 3.61. The van der Waals surface area contributed by atoms with Crippen molar-refractivity contribution in [1.82, 2.24) is 0 Å². The van der Waals surface area contributed by atoms with Crippen LogP contribution in [0.4, 0.5) is 0 Å². The highest BCUT2D eigenvalue weighted by atomic mass is 28.4. The smallest absolute Gasteiger partial charge is 0.394 e. The van der Waals surface area contributed by atoms with E-state index in [0.717, 1.165) is 0 Å². The minimum atomic E-state index is -2.99. The molecule has 1 rings (SSSR count). The van der Waals surface area contributed by atoms with E-state index in [0.29, 0.717) is 13.2 Å². The van der Waals surface area contributed by atoms with Crippen molar-refractivity contribution in [3.63, 3.8) is 0 Å². The molecule has 1 saturated heterocycles. The van der Waals surface area contributed by atoms with Crippen LogP contribution in [-0.4, -0.2) is 58.9 Å². The van der Waals surface area contributed by atoms with Gasteiger partial charge in [0.05, 0.1) is 39.6 Å². The summed E-state index contributed by atoms with van der Waals surface area (Å²) in [6, 6.07) is 0. The largest absolute Gasteiger partial charge is 0.680 e. The fourth-order valence-corrected chi connectivity index (χ4v) is 2.77. The third-order valence-electron chi connectivity index (χ3n) is 1.38. The molecule has 0 aromatic rings. The third kappa shape index (κ3) is 3.31. The Morgan fingerprint density at radius 3 is 1.85 bits per heavy atom. The van der Waals surface area contributed by atoms with Crippen molar-refractivity contribution < 1.29 is 27.9 Å². The number of aliphatic hydroxyl groups excluding tert-OH is 2. The normalized spacial score (nSPS) is 20.8. The lowest BCUT2D eigenvalue weighted by Crippen LogP contribution is -2.45. The van der Waals surface area contributed by atoms with Gasteiger partial charge < -0.3 is 27.9 Å². The topological polar surface area (TPSA) is 77.4 Å². The maximum absolute atomic E-state index is 8.55. The Morgan fingerprint density at radius 1 is 1.00 bits per heavy atom. The van der Waals surface area contributed by atoms with Gasteiger partial charge in [-0.25, -0.2) is 0 Å². The first-order valence-corrected chi connectivity index (χ1v) is 5.74. The molecule has 1 aliphatic heterocycles. The van der Waals surface area contributed by atoms with Crippen LogP contribution in [0.15, 0.2) is 0 Å². The van der Waals surface area contributed by atoms with E-state index in [1.807, 2.05) is 0 Å². The van der Waals surface area contributed by atoms with Gasteiger partial charge in [0.15, 0.2) is 0 Å². The highest BCUT2D eigenvalue weighted by Crippen LogP contribution is 2.16. The Labute approximate surface area is 77.5 Å². The van der Waals surface area contributed by atoms with E-state index in [1.54, 1.807) is 0 Å². The van der Waals surface area contributed by atoms with Crippen LogP contribution < -0.4 is 0 Å². The van der Waals surface area contributed by atoms with E-state index >= 15 is 0 Å². The molecule has 1 fully saturated rings. The minimum absolute atomic E-state index is 0.107. The van der Waals surface area contributed by atoms with Crippen molar-refractivity contribution in [2.75, 3.05) is 39.6 Å². The number of hydrogen-bond acceptors (Lipinski definition) is 6. The van der Waals surface area contributed by atoms with Gasteiger partial charge in [-0.2, -0.15) is 0 Å². The molecule has 0 aliphatic carbocycles. The van der Waals surface area contributed by atoms with Crippen molar-refractivity contribution in [3.8, 4) is 0 Å². The van der Waals surface area contributed by atoms with Gasteiger partial charge >= 0.3 is 9.05 Å². The first-order chi connectivity index (χ1) is 6.33. The van der Waals surface area contributed by atoms with E-state index in [2.05, 4.69) is 0 Å². The number of rotatable bonds is 6. The molecule has 6 nitrogen and oxygen atoms in total. The molecule has 7 heteroatoms. The Hall–Kier alpha value is -0.0231. The van der Waals surface area contributed by atoms with Crippen LogP contribution >= 0.6 is 0 Å². The molecule has 13 heavy (non-hydrogen) atoms. The molecule has 1 aliphatic rings. The van der Waals surface area contributed by atoms with Gasteiger partial charge in [0.2, 0.25) is 0 Å². The predicted octanol–water partition coefficient (Wildman–Crippen LogP) is -1.51. The van der Waals surface area contributed by atoms with Crippen molar-refractivity contribution in [3.05, 3.63) is 0 Å². The van der Waals surface area contributed by atoms with Crippen molar-refractivity contribution in [2.45, 2.75) is 0 Å². The summed E-state index contributed by atoms with van der Waals surface area (Å²) in [6.45, 7) is 0.898. The molecule has 78 valence electrons. The molecule has 0 unspecified atom stereocenters. The molecule has 0 atom stereocenters. The number of aliphatic hydroxyl groups is 2. The quantitative estimate of drug-likeness (QED) is 0.519. The van der Waals surface area contributed by atoms with Crippen LogP contribution in [0.1, 0.15) is 0 Å². The second kappa shape index (κ2) is 5.65. The summed E-state index contributed by atoms with van der Waals surface area (Å²) in [7, 11) is -2.99. The summed E-state index contributed by atoms with van der Waals surface area (Å²) in [5.74, 6) is 0. The lowest BCUT2D eigenvalue weighted by atomic mass is 10.8. The fourth-order valence-electron chi connectivity index (χ4n) is 0.925.